The molecule has 2 aromatic heterocycles. The molecule has 4 rings (SSSR count). The Bertz CT molecular complexity index is 1480. The lowest BCUT2D eigenvalue weighted by molar-refractivity contribution is -0.708. The van der Waals surface area contributed by atoms with Crippen LogP contribution in [0.15, 0.2) is 108 Å². The molecule has 0 unspecified atom stereocenters. The van der Waals surface area contributed by atoms with Crippen LogP contribution < -0.4 is 29.8 Å². The van der Waals surface area contributed by atoms with Crippen molar-refractivity contribution in [3.63, 3.8) is 0 Å². The van der Waals surface area contributed by atoms with Gasteiger partial charge in [0, 0.05) is 76.4 Å². The Morgan fingerprint density at radius 2 is 1.02 bits per heavy atom. The number of hydrazone groups is 2. The highest BCUT2D eigenvalue weighted by atomic mass is 16.2. The van der Waals surface area contributed by atoms with Crippen LogP contribution in [0.4, 0.5) is 22.7 Å². The topological polar surface area (TPSA) is 97.2 Å². The number of anilines is 4. The first-order chi connectivity index (χ1) is 21.3. The Kier molecular flexibility index (Phi) is 11.3. The highest BCUT2D eigenvalue weighted by Crippen LogP contribution is 2.18. The number of aryl methyl sites for hydroxylation is 2. The fourth-order valence-corrected chi connectivity index (χ4v) is 4.54. The van der Waals surface area contributed by atoms with Gasteiger partial charge in [0.2, 0.25) is 23.2 Å². The van der Waals surface area contributed by atoms with Crippen molar-refractivity contribution in [1.82, 2.24) is 0 Å². The number of amides is 2. The fourth-order valence-electron chi connectivity index (χ4n) is 4.54. The molecule has 4 aromatic rings. The lowest BCUT2D eigenvalue weighted by atomic mass is 10.2. The minimum absolute atomic E-state index is 0.0955. The van der Waals surface area contributed by atoms with E-state index in [4.69, 9.17) is 0 Å². The van der Waals surface area contributed by atoms with Gasteiger partial charge in [-0.1, -0.05) is 0 Å². The summed E-state index contributed by atoms with van der Waals surface area (Å²) in [5.74, 6) is -0.191. The first-order valence-electron chi connectivity index (χ1n) is 14.6. The second-order valence-electron chi connectivity index (χ2n) is 10.3. The maximum absolute atomic E-state index is 11.3. The molecule has 0 aliphatic carbocycles. The summed E-state index contributed by atoms with van der Waals surface area (Å²) in [5, 5.41) is 18.4. The van der Waals surface area contributed by atoms with Crippen LogP contribution in [0.3, 0.4) is 0 Å². The van der Waals surface area contributed by atoms with E-state index in [0.717, 1.165) is 60.1 Å². The second kappa shape index (κ2) is 15.7. The number of aromatic nitrogens is 2. The van der Waals surface area contributed by atoms with E-state index in [-0.39, 0.29) is 11.8 Å². The van der Waals surface area contributed by atoms with Gasteiger partial charge in [-0.25, -0.2) is 0 Å². The molecule has 0 spiro atoms. The number of benzene rings is 2. The quantitative estimate of drug-likeness (QED) is 0.103. The molecule has 0 bridgehead atoms. The van der Waals surface area contributed by atoms with E-state index < -0.39 is 0 Å². The Morgan fingerprint density at radius 1 is 0.636 bits per heavy atom. The van der Waals surface area contributed by atoms with Gasteiger partial charge in [0.15, 0.2) is 12.4 Å². The van der Waals surface area contributed by atoms with Crippen molar-refractivity contribution < 1.29 is 18.7 Å². The van der Waals surface area contributed by atoms with E-state index in [9.17, 15) is 9.59 Å². The minimum atomic E-state index is -0.0955. The van der Waals surface area contributed by atoms with Gasteiger partial charge < -0.3 is 10.6 Å². The first kappa shape index (κ1) is 31.6. The van der Waals surface area contributed by atoms with Crippen LogP contribution in [0.5, 0.6) is 0 Å². The summed E-state index contributed by atoms with van der Waals surface area (Å²) in [7, 11) is 3.80. The number of hydrogen-bond acceptors (Lipinski definition) is 6. The van der Waals surface area contributed by atoms with Gasteiger partial charge >= 0.3 is 0 Å². The number of pyridine rings is 2. The highest BCUT2D eigenvalue weighted by Gasteiger charge is 2.11. The van der Waals surface area contributed by atoms with Crippen LogP contribution in [-0.4, -0.2) is 38.3 Å². The Labute approximate surface area is 259 Å². The highest BCUT2D eigenvalue weighted by molar-refractivity contribution is 5.89. The molecule has 0 saturated heterocycles. The van der Waals surface area contributed by atoms with Crippen molar-refractivity contribution in [3.8, 4) is 0 Å². The maximum Gasteiger partial charge on any atom is 0.225 e. The molecule has 44 heavy (non-hydrogen) atoms. The average molecular weight is 593 g/mol. The van der Waals surface area contributed by atoms with Crippen molar-refractivity contribution in [1.29, 1.82) is 0 Å². The molecule has 0 radical (unpaired) electrons. The number of carbonyl (C=O) groups excluding carboxylic acids is 2. The zero-order valence-electron chi connectivity index (χ0n) is 25.7. The summed E-state index contributed by atoms with van der Waals surface area (Å²) in [6.45, 7) is 4.72. The van der Waals surface area contributed by atoms with Gasteiger partial charge in [-0.3, -0.25) is 19.6 Å². The molecule has 2 heterocycles. The number of hydrogen-bond donors (Lipinski definition) is 2. The molecular weight excluding hydrogens is 552 g/mol. The normalized spacial score (nSPS) is 11.1. The largest absolute Gasteiger partial charge is 0.326 e. The van der Waals surface area contributed by atoms with Crippen LogP contribution in [0.1, 0.15) is 38.1 Å². The van der Waals surface area contributed by atoms with Crippen molar-refractivity contribution in [2.24, 2.45) is 10.2 Å². The molecule has 10 nitrogen and oxygen atoms in total. The molecule has 2 N–H and O–H groups in total. The third-order valence-electron chi connectivity index (χ3n) is 6.85. The minimum Gasteiger partial charge on any atom is -0.326 e. The molecule has 2 aromatic carbocycles. The number of nitrogens with zero attached hydrogens (tertiary/aromatic N) is 6. The summed E-state index contributed by atoms with van der Waals surface area (Å²) in [5.41, 5.74) is 5.38. The van der Waals surface area contributed by atoms with E-state index in [2.05, 4.69) is 54.5 Å². The van der Waals surface area contributed by atoms with Crippen molar-refractivity contribution >= 4 is 47.0 Å². The Hall–Kier alpha value is -5.38. The van der Waals surface area contributed by atoms with E-state index >= 15 is 0 Å². The van der Waals surface area contributed by atoms with Crippen LogP contribution in [0.25, 0.3) is 0 Å². The smallest absolute Gasteiger partial charge is 0.225 e. The second-order valence-corrected chi connectivity index (χ2v) is 10.3. The first-order valence-corrected chi connectivity index (χ1v) is 14.6. The Morgan fingerprint density at radius 3 is 1.39 bits per heavy atom. The maximum atomic E-state index is 11.3. The van der Waals surface area contributed by atoms with Gasteiger partial charge in [-0.05, 0) is 60.7 Å². The molecule has 0 atom stereocenters. The summed E-state index contributed by atoms with van der Waals surface area (Å²) < 4.78 is 4.42. The van der Waals surface area contributed by atoms with Crippen LogP contribution in [0.2, 0.25) is 0 Å². The predicted molar refractivity (Wildman–Crippen MR) is 176 cm³/mol. The molecule has 226 valence electrons. The van der Waals surface area contributed by atoms with E-state index in [1.807, 2.05) is 109 Å². The molecule has 0 fully saturated rings. The number of carbonyl (C=O) groups is 2. The van der Waals surface area contributed by atoms with Gasteiger partial charge in [-0.15, -0.1) is 0 Å². The van der Waals surface area contributed by atoms with Gasteiger partial charge in [0.05, 0.1) is 11.4 Å². The lowest BCUT2D eigenvalue weighted by Gasteiger charge is -2.13. The molecular formula is C34H40N8O2+2. The van der Waals surface area contributed by atoms with E-state index in [1.54, 1.807) is 0 Å². The van der Waals surface area contributed by atoms with E-state index in [1.165, 1.54) is 13.8 Å². The zero-order valence-corrected chi connectivity index (χ0v) is 25.7. The van der Waals surface area contributed by atoms with Gasteiger partial charge in [0.25, 0.3) is 0 Å². The number of nitrogens with one attached hydrogen (secondary N) is 2. The summed E-state index contributed by atoms with van der Waals surface area (Å²) >= 11 is 0. The van der Waals surface area contributed by atoms with Crippen molar-refractivity contribution in [3.05, 3.63) is 109 Å². The number of unbranched alkanes of at least 4 members (excludes halogenated alkanes) is 1. The van der Waals surface area contributed by atoms with Crippen LogP contribution >= 0.6 is 0 Å². The van der Waals surface area contributed by atoms with E-state index in [0.29, 0.717) is 0 Å². The molecule has 0 saturated carbocycles. The lowest BCUT2D eigenvalue weighted by Crippen LogP contribution is -2.40. The predicted octanol–water partition coefficient (Wildman–Crippen LogP) is 4.60. The molecule has 10 heteroatoms. The zero-order chi connectivity index (χ0) is 31.3. The summed E-state index contributed by atoms with van der Waals surface area (Å²) in [4.78, 5) is 22.5. The third-order valence-corrected chi connectivity index (χ3v) is 6.85. The Balaban J connectivity index is 1.31. The molecule has 0 aliphatic heterocycles. The van der Waals surface area contributed by atoms with Crippen LogP contribution in [-0.2, 0) is 22.7 Å². The fraction of sp³-hybridized carbons (Fsp3) is 0.235. The SMILES string of the molecule is CC(=O)Nc1ccc(N(C)/N=C/c2cccc[n+]2CCCC[n+]2ccccc2/C=N/N(C)c2ccc(NC(C)=O)cc2)cc1. The standard InChI is InChI=1S/C34H38N8O2/c1-27(43)37-29-13-17-31(18-14-29)39(3)35-25-33-11-5-7-21-41(33)23-9-10-24-42-22-8-6-12-34(42)26-36-40(4)32-19-15-30(16-20-32)38-28(2)44/h5-8,11-22,25-26H,9-10,23-24H2,1-4H3/p+2. The van der Waals surface area contributed by atoms with Gasteiger partial charge in [0.1, 0.15) is 25.5 Å². The van der Waals surface area contributed by atoms with Crippen LogP contribution in [0, 0.1) is 0 Å². The molecule has 0 aliphatic rings. The monoisotopic (exact) mass is 592 g/mol. The number of rotatable bonds is 13. The van der Waals surface area contributed by atoms with Gasteiger partial charge in [-0.2, -0.15) is 19.3 Å². The third kappa shape index (κ3) is 9.59. The van der Waals surface area contributed by atoms with Crippen molar-refractivity contribution in [2.75, 3.05) is 34.7 Å². The summed E-state index contributed by atoms with van der Waals surface area (Å²) in [6.07, 6.45) is 9.88. The summed E-state index contributed by atoms with van der Waals surface area (Å²) in [6, 6.07) is 27.3. The average Bonchev–Trinajstić information content (AvgIpc) is 3.02. The van der Waals surface area contributed by atoms with Crippen molar-refractivity contribution in [2.45, 2.75) is 39.8 Å². The molecule has 2 amide bonds.